The molecule has 0 spiro atoms. The van der Waals surface area contributed by atoms with Gasteiger partial charge in [0.15, 0.2) is 17.4 Å². The number of aliphatic hydroxyl groups is 1. The minimum Gasteiger partial charge on any atom is -0.501 e. The predicted octanol–water partition coefficient (Wildman–Crippen LogP) is 4.76. The molecule has 0 aliphatic carbocycles. The summed E-state index contributed by atoms with van der Waals surface area (Å²) in [5.74, 6) is 0.943. The summed E-state index contributed by atoms with van der Waals surface area (Å²) in [7, 11) is 0. The SMILES string of the molecule is CCOc1ccc(NC(=S)/C(=C(\O)c2cccs2)[n+]2ccccc2)cc1. The average Bonchev–Trinajstić information content (AvgIpc) is 3.19. The quantitative estimate of drug-likeness (QED) is 0.279. The van der Waals surface area contributed by atoms with Gasteiger partial charge < -0.3 is 15.2 Å². The van der Waals surface area contributed by atoms with Crippen molar-refractivity contribution in [3.05, 3.63) is 77.2 Å². The molecule has 3 rings (SSSR count). The van der Waals surface area contributed by atoms with E-state index in [2.05, 4.69) is 5.32 Å². The fourth-order valence-electron chi connectivity index (χ4n) is 2.42. The minimum absolute atomic E-state index is 0.139. The first kappa shape index (κ1) is 18.1. The van der Waals surface area contributed by atoms with Gasteiger partial charge >= 0.3 is 0 Å². The lowest BCUT2D eigenvalue weighted by molar-refractivity contribution is -0.575. The maximum atomic E-state index is 10.8. The van der Waals surface area contributed by atoms with Gasteiger partial charge in [0.05, 0.1) is 11.5 Å². The van der Waals surface area contributed by atoms with Crippen LogP contribution in [-0.4, -0.2) is 16.7 Å². The Morgan fingerprint density at radius 3 is 2.46 bits per heavy atom. The van der Waals surface area contributed by atoms with Gasteiger partial charge in [0.25, 0.3) is 5.70 Å². The highest BCUT2D eigenvalue weighted by molar-refractivity contribution is 7.81. The highest BCUT2D eigenvalue weighted by atomic mass is 32.1. The van der Waals surface area contributed by atoms with Gasteiger partial charge in [-0.05, 0) is 42.6 Å². The fraction of sp³-hybridized carbons (Fsp3) is 0.100. The first-order chi connectivity index (χ1) is 12.7. The molecule has 0 aliphatic rings. The van der Waals surface area contributed by atoms with E-state index >= 15 is 0 Å². The van der Waals surface area contributed by atoms with E-state index < -0.39 is 0 Å². The summed E-state index contributed by atoms with van der Waals surface area (Å²) in [6.07, 6.45) is 3.71. The molecule has 1 aromatic carbocycles. The zero-order valence-corrected chi connectivity index (χ0v) is 15.9. The van der Waals surface area contributed by atoms with Crippen LogP contribution >= 0.6 is 23.6 Å². The molecule has 0 unspecified atom stereocenters. The molecule has 0 saturated carbocycles. The highest BCUT2D eigenvalue weighted by Gasteiger charge is 2.24. The molecule has 0 aliphatic heterocycles. The van der Waals surface area contributed by atoms with Gasteiger partial charge in [-0.1, -0.05) is 24.4 Å². The van der Waals surface area contributed by atoms with Crippen LogP contribution in [0.4, 0.5) is 5.69 Å². The van der Waals surface area contributed by atoms with E-state index in [-0.39, 0.29) is 5.76 Å². The van der Waals surface area contributed by atoms with Crippen LogP contribution in [0.5, 0.6) is 5.75 Å². The van der Waals surface area contributed by atoms with Crippen LogP contribution in [-0.2, 0) is 0 Å². The van der Waals surface area contributed by atoms with Crippen molar-refractivity contribution in [2.75, 3.05) is 11.9 Å². The minimum atomic E-state index is 0.139. The summed E-state index contributed by atoms with van der Waals surface area (Å²) >= 11 is 7.06. The monoisotopic (exact) mass is 383 g/mol. The number of hydrogen-bond donors (Lipinski definition) is 2. The Morgan fingerprint density at radius 2 is 1.85 bits per heavy atom. The molecule has 0 saturated heterocycles. The zero-order valence-electron chi connectivity index (χ0n) is 14.3. The van der Waals surface area contributed by atoms with Crippen LogP contribution in [0.15, 0.2) is 72.4 Å². The maximum absolute atomic E-state index is 10.8. The van der Waals surface area contributed by atoms with E-state index in [1.807, 2.05) is 79.3 Å². The summed E-state index contributed by atoms with van der Waals surface area (Å²) in [4.78, 5) is 1.18. The molecule has 3 aromatic rings. The second-order valence-corrected chi connectivity index (χ2v) is 6.72. The lowest BCUT2D eigenvalue weighted by atomic mass is 10.2. The van der Waals surface area contributed by atoms with E-state index in [4.69, 9.17) is 17.0 Å². The van der Waals surface area contributed by atoms with Gasteiger partial charge in [-0.15, -0.1) is 11.3 Å². The van der Waals surface area contributed by atoms with E-state index in [1.54, 1.807) is 4.57 Å². The van der Waals surface area contributed by atoms with Crippen LogP contribution in [0.25, 0.3) is 11.5 Å². The molecule has 2 aromatic heterocycles. The molecule has 6 heteroatoms. The van der Waals surface area contributed by atoms with Gasteiger partial charge in [0.2, 0.25) is 5.76 Å². The van der Waals surface area contributed by atoms with Gasteiger partial charge in [0.1, 0.15) is 5.75 Å². The van der Waals surface area contributed by atoms with Crippen molar-refractivity contribution in [2.24, 2.45) is 0 Å². The Labute approximate surface area is 162 Å². The molecular formula is C20H19N2O2S2+. The average molecular weight is 384 g/mol. The number of anilines is 1. The number of thiocarbonyl (C=S) groups is 1. The number of pyridine rings is 1. The number of aliphatic hydroxyl groups excluding tert-OH is 1. The van der Waals surface area contributed by atoms with Crippen molar-refractivity contribution in [2.45, 2.75) is 6.92 Å². The van der Waals surface area contributed by atoms with Gasteiger partial charge in [-0.3, -0.25) is 0 Å². The standard InChI is InChI=1S/C20H18N2O2S2/c1-2-24-16-10-8-15(9-11-16)21-20(25)18(22-12-4-3-5-13-22)19(23)17-7-6-14-26-17/h3-14H,2H2,1H3,(H-,21,23,25)/p+1. The third-order valence-corrected chi connectivity index (χ3v) is 4.76. The molecule has 2 heterocycles. The number of nitrogens with one attached hydrogen (secondary N) is 1. The summed E-state index contributed by atoms with van der Waals surface area (Å²) in [5.41, 5.74) is 1.35. The van der Waals surface area contributed by atoms with Crippen LogP contribution in [0.2, 0.25) is 0 Å². The molecule has 132 valence electrons. The van der Waals surface area contributed by atoms with E-state index in [9.17, 15) is 5.11 Å². The Morgan fingerprint density at radius 1 is 1.12 bits per heavy atom. The highest BCUT2D eigenvalue weighted by Crippen LogP contribution is 2.23. The number of aromatic nitrogens is 1. The largest absolute Gasteiger partial charge is 0.501 e. The molecule has 0 amide bonds. The van der Waals surface area contributed by atoms with Crippen molar-refractivity contribution < 1.29 is 14.4 Å². The van der Waals surface area contributed by atoms with Crippen molar-refractivity contribution >= 4 is 45.7 Å². The first-order valence-electron chi connectivity index (χ1n) is 8.17. The molecule has 0 fully saturated rings. The second kappa shape index (κ2) is 8.60. The zero-order chi connectivity index (χ0) is 18.4. The van der Waals surface area contributed by atoms with Gasteiger partial charge in [0, 0.05) is 17.8 Å². The molecule has 26 heavy (non-hydrogen) atoms. The van der Waals surface area contributed by atoms with Crippen molar-refractivity contribution in [1.29, 1.82) is 0 Å². The molecule has 0 atom stereocenters. The molecule has 0 radical (unpaired) electrons. The van der Waals surface area contributed by atoms with Gasteiger partial charge in [-0.2, -0.15) is 4.57 Å². The summed E-state index contributed by atoms with van der Waals surface area (Å²) in [6, 6.07) is 17.0. The smallest absolute Gasteiger partial charge is 0.289 e. The van der Waals surface area contributed by atoms with Crippen LogP contribution in [0.3, 0.4) is 0 Å². The number of thiophene rings is 1. The van der Waals surface area contributed by atoms with E-state index in [1.165, 1.54) is 11.3 Å². The topological polar surface area (TPSA) is 45.4 Å². The van der Waals surface area contributed by atoms with Crippen molar-refractivity contribution in [1.82, 2.24) is 0 Å². The number of nitrogens with zero attached hydrogens (tertiary/aromatic N) is 1. The van der Waals surface area contributed by atoms with Crippen molar-refractivity contribution in [3.63, 3.8) is 0 Å². The number of benzene rings is 1. The Balaban J connectivity index is 1.92. The lowest BCUT2D eigenvalue weighted by Crippen LogP contribution is -2.38. The number of ether oxygens (including phenoxy) is 1. The first-order valence-corrected chi connectivity index (χ1v) is 9.46. The molecule has 2 N–H and O–H groups in total. The summed E-state index contributed by atoms with van der Waals surface area (Å²) in [5, 5.41) is 15.9. The number of rotatable bonds is 6. The van der Waals surface area contributed by atoms with Crippen LogP contribution in [0, 0.1) is 0 Å². The van der Waals surface area contributed by atoms with Crippen LogP contribution < -0.4 is 14.6 Å². The Hall–Kier alpha value is -2.70. The van der Waals surface area contributed by atoms with Crippen LogP contribution in [0.1, 0.15) is 11.8 Å². The molecule has 4 nitrogen and oxygen atoms in total. The van der Waals surface area contributed by atoms with E-state index in [0.29, 0.717) is 17.3 Å². The predicted molar refractivity (Wildman–Crippen MR) is 111 cm³/mol. The summed E-state index contributed by atoms with van der Waals surface area (Å²) in [6.45, 7) is 2.57. The summed E-state index contributed by atoms with van der Waals surface area (Å²) < 4.78 is 7.26. The third-order valence-electron chi connectivity index (χ3n) is 3.59. The number of hydrogen-bond acceptors (Lipinski definition) is 4. The van der Waals surface area contributed by atoms with Gasteiger partial charge in [-0.25, -0.2) is 0 Å². The van der Waals surface area contributed by atoms with Crippen molar-refractivity contribution in [3.8, 4) is 5.75 Å². The lowest BCUT2D eigenvalue weighted by Gasteiger charge is -2.10. The Bertz CT molecular complexity index is 889. The normalized spacial score (nSPS) is 11.6. The third kappa shape index (κ3) is 4.28. The second-order valence-electron chi connectivity index (χ2n) is 5.37. The molecular weight excluding hydrogens is 364 g/mol. The fourth-order valence-corrected chi connectivity index (χ4v) is 3.41. The van der Waals surface area contributed by atoms with E-state index in [0.717, 1.165) is 16.3 Å². The molecule has 0 bridgehead atoms. The Kier molecular flexibility index (Phi) is 5.99. The maximum Gasteiger partial charge on any atom is 0.289 e.